The number of hydrogen-bond donors (Lipinski definition) is 0. The molecule has 0 fully saturated rings. The van der Waals surface area contributed by atoms with Gasteiger partial charge in [0.15, 0.2) is 17.3 Å². The lowest BCUT2D eigenvalue weighted by molar-refractivity contribution is 0.104. The number of hydrogen-bond acceptors (Lipinski definition) is 5. The Hall–Kier alpha value is -2.17. The number of methoxy groups -OCH3 is 3. The largest absolute Gasteiger partial charge is 0.493 e. The summed E-state index contributed by atoms with van der Waals surface area (Å²) in [5.41, 5.74) is 0.429. The van der Waals surface area contributed by atoms with Gasteiger partial charge in [-0.25, -0.2) is 0 Å². The molecule has 0 radical (unpaired) electrons. The number of allylic oxidation sites excluding steroid dienone is 1. The van der Waals surface area contributed by atoms with E-state index in [-0.39, 0.29) is 5.78 Å². The Kier molecular flexibility index (Phi) is 5.23. The molecular weight excluding hydrogens is 246 g/mol. The molecule has 1 rings (SSSR count). The van der Waals surface area contributed by atoms with E-state index in [4.69, 9.17) is 14.2 Å². The Morgan fingerprint density at radius 2 is 1.68 bits per heavy atom. The topological polar surface area (TPSA) is 48.0 Å². The van der Waals surface area contributed by atoms with Gasteiger partial charge in [0.25, 0.3) is 0 Å². The molecule has 0 saturated heterocycles. The van der Waals surface area contributed by atoms with Crippen molar-refractivity contribution in [2.75, 3.05) is 35.4 Å². The first-order chi connectivity index (χ1) is 9.04. The summed E-state index contributed by atoms with van der Waals surface area (Å²) in [6.45, 7) is 0. The molecule has 0 saturated carbocycles. The van der Waals surface area contributed by atoms with Crippen LogP contribution in [0.2, 0.25) is 0 Å². The minimum absolute atomic E-state index is 0.161. The van der Waals surface area contributed by atoms with Crippen LogP contribution >= 0.6 is 0 Å². The molecule has 0 amide bonds. The van der Waals surface area contributed by atoms with E-state index in [0.717, 1.165) is 0 Å². The van der Waals surface area contributed by atoms with E-state index in [1.54, 1.807) is 23.2 Å². The Bertz CT molecular complexity index is 481. The molecule has 0 aromatic heterocycles. The summed E-state index contributed by atoms with van der Waals surface area (Å²) in [6.07, 6.45) is 3.16. The monoisotopic (exact) mass is 265 g/mol. The van der Waals surface area contributed by atoms with Crippen LogP contribution in [0.3, 0.4) is 0 Å². The van der Waals surface area contributed by atoms with Gasteiger partial charge in [0, 0.05) is 26.4 Å². The summed E-state index contributed by atoms with van der Waals surface area (Å²) in [5.74, 6) is 1.14. The third-order valence-corrected chi connectivity index (χ3v) is 2.49. The summed E-state index contributed by atoms with van der Waals surface area (Å²) in [5, 5.41) is 0. The third-order valence-electron chi connectivity index (χ3n) is 2.49. The van der Waals surface area contributed by atoms with Crippen LogP contribution in [0.25, 0.3) is 0 Å². The second-order valence-electron chi connectivity index (χ2n) is 4.03. The zero-order valence-corrected chi connectivity index (χ0v) is 11.9. The molecule has 0 aliphatic rings. The van der Waals surface area contributed by atoms with Gasteiger partial charge in [-0.05, 0) is 12.1 Å². The van der Waals surface area contributed by atoms with Crippen molar-refractivity contribution < 1.29 is 19.0 Å². The number of ether oxygens (including phenoxy) is 3. The average Bonchev–Trinajstić information content (AvgIpc) is 2.42. The van der Waals surface area contributed by atoms with E-state index >= 15 is 0 Å². The highest BCUT2D eigenvalue weighted by Gasteiger charge is 2.19. The molecule has 1 aromatic rings. The lowest BCUT2D eigenvalue weighted by Crippen LogP contribution is -2.05. The summed E-state index contributed by atoms with van der Waals surface area (Å²) in [6, 6.07) is 3.33. The second-order valence-corrected chi connectivity index (χ2v) is 4.03. The first-order valence-electron chi connectivity index (χ1n) is 5.73. The standard InChI is InChI=1S/C14H19NO4/c1-15(2)9-8-11(16)10-6-7-12(17-3)14(19-5)13(10)18-4/h6-9H,1-5H3/b9-8+. The molecule has 0 aliphatic heterocycles. The van der Waals surface area contributed by atoms with Gasteiger partial charge in [0.2, 0.25) is 5.75 Å². The molecule has 1 aromatic carbocycles. The zero-order chi connectivity index (χ0) is 14.4. The van der Waals surface area contributed by atoms with Gasteiger partial charge < -0.3 is 19.1 Å². The highest BCUT2D eigenvalue weighted by atomic mass is 16.5. The molecular formula is C14H19NO4. The minimum atomic E-state index is -0.161. The van der Waals surface area contributed by atoms with Crippen molar-refractivity contribution in [3.8, 4) is 17.2 Å². The minimum Gasteiger partial charge on any atom is -0.493 e. The molecule has 0 bridgehead atoms. The van der Waals surface area contributed by atoms with E-state index < -0.39 is 0 Å². The fourth-order valence-electron chi connectivity index (χ4n) is 1.60. The number of benzene rings is 1. The van der Waals surface area contributed by atoms with Crippen LogP contribution in [0.4, 0.5) is 0 Å². The molecule has 104 valence electrons. The molecule has 0 aliphatic carbocycles. The smallest absolute Gasteiger partial charge is 0.204 e. The number of nitrogens with zero attached hydrogens (tertiary/aromatic N) is 1. The van der Waals surface area contributed by atoms with Gasteiger partial charge in [-0.2, -0.15) is 0 Å². The number of carbonyl (C=O) groups is 1. The van der Waals surface area contributed by atoms with E-state index in [1.165, 1.54) is 27.4 Å². The van der Waals surface area contributed by atoms with Gasteiger partial charge in [0.05, 0.1) is 26.9 Å². The fraction of sp³-hybridized carbons (Fsp3) is 0.357. The van der Waals surface area contributed by atoms with E-state index in [2.05, 4.69) is 0 Å². The van der Waals surface area contributed by atoms with Crippen LogP contribution in [0.15, 0.2) is 24.4 Å². The number of carbonyl (C=O) groups excluding carboxylic acids is 1. The van der Waals surface area contributed by atoms with Crippen LogP contribution in [-0.4, -0.2) is 46.1 Å². The first kappa shape index (κ1) is 14.9. The first-order valence-corrected chi connectivity index (χ1v) is 5.73. The highest BCUT2D eigenvalue weighted by molar-refractivity contribution is 6.07. The van der Waals surface area contributed by atoms with Gasteiger partial charge in [-0.15, -0.1) is 0 Å². The summed E-state index contributed by atoms with van der Waals surface area (Å²) in [7, 11) is 8.21. The van der Waals surface area contributed by atoms with Crippen molar-refractivity contribution in [1.29, 1.82) is 0 Å². The molecule has 0 spiro atoms. The maximum atomic E-state index is 12.1. The summed E-state index contributed by atoms with van der Waals surface area (Å²) >= 11 is 0. The molecule has 0 N–H and O–H groups in total. The van der Waals surface area contributed by atoms with Crippen molar-refractivity contribution in [3.05, 3.63) is 30.0 Å². The Morgan fingerprint density at radius 1 is 1.05 bits per heavy atom. The summed E-state index contributed by atoms with van der Waals surface area (Å²) in [4.78, 5) is 13.9. The van der Waals surface area contributed by atoms with E-state index in [1.807, 2.05) is 14.1 Å². The fourth-order valence-corrected chi connectivity index (χ4v) is 1.60. The quantitative estimate of drug-likeness (QED) is 0.581. The predicted molar refractivity (Wildman–Crippen MR) is 73.3 cm³/mol. The van der Waals surface area contributed by atoms with Crippen LogP contribution in [0, 0.1) is 0 Å². The van der Waals surface area contributed by atoms with Gasteiger partial charge in [-0.3, -0.25) is 4.79 Å². The van der Waals surface area contributed by atoms with Crippen molar-refractivity contribution in [3.63, 3.8) is 0 Å². The van der Waals surface area contributed by atoms with Crippen molar-refractivity contribution in [2.24, 2.45) is 0 Å². The van der Waals surface area contributed by atoms with Gasteiger partial charge >= 0.3 is 0 Å². The Labute approximate surface area is 113 Å². The average molecular weight is 265 g/mol. The third kappa shape index (κ3) is 3.40. The van der Waals surface area contributed by atoms with Gasteiger partial charge in [-0.1, -0.05) is 0 Å². The van der Waals surface area contributed by atoms with Crippen LogP contribution in [0.5, 0.6) is 17.2 Å². The molecule has 0 unspecified atom stereocenters. The molecule has 0 atom stereocenters. The van der Waals surface area contributed by atoms with Crippen LogP contribution in [-0.2, 0) is 0 Å². The molecule has 5 nitrogen and oxygen atoms in total. The molecule has 5 heteroatoms. The Morgan fingerprint density at radius 3 is 2.16 bits per heavy atom. The van der Waals surface area contributed by atoms with Crippen LogP contribution < -0.4 is 14.2 Å². The zero-order valence-electron chi connectivity index (χ0n) is 11.9. The molecule has 19 heavy (non-hydrogen) atoms. The van der Waals surface area contributed by atoms with Gasteiger partial charge in [0.1, 0.15) is 0 Å². The maximum absolute atomic E-state index is 12.1. The molecule has 0 heterocycles. The highest BCUT2D eigenvalue weighted by Crippen LogP contribution is 2.39. The SMILES string of the molecule is COc1ccc(C(=O)/C=C/N(C)C)c(OC)c1OC. The Balaban J connectivity index is 3.25. The maximum Gasteiger partial charge on any atom is 0.204 e. The van der Waals surface area contributed by atoms with E-state index in [0.29, 0.717) is 22.8 Å². The normalized spacial score (nSPS) is 10.4. The van der Waals surface area contributed by atoms with E-state index in [9.17, 15) is 4.79 Å². The van der Waals surface area contributed by atoms with Crippen LogP contribution in [0.1, 0.15) is 10.4 Å². The summed E-state index contributed by atoms with van der Waals surface area (Å²) < 4.78 is 15.7. The predicted octanol–water partition coefficient (Wildman–Crippen LogP) is 1.97. The lowest BCUT2D eigenvalue weighted by Gasteiger charge is -2.14. The number of ketones is 1. The van der Waals surface area contributed by atoms with Crippen molar-refractivity contribution in [1.82, 2.24) is 4.90 Å². The lowest BCUT2D eigenvalue weighted by atomic mass is 10.1. The number of rotatable bonds is 6. The second kappa shape index (κ2) is 6.68. The van der Waals surface area contributed by atoms with Crippen molar-refractivity contribution >= 4 is 5.78 Å². The van der Waals surface area contributed by atoms with Crippen molar-refractivity contribution in [2.45, 2.75) is 0 Å².